The average molecular weight is 334 g/mol. The summed E-state index contributed by atoms with van der Waals surface area (Å²) in [7, 11) is 0. The Morgan fingerprint density at radius 3 is 2.96 bits per heavy atom. The van der Waals surface area contributed by atoms with Crippen LogP contribution in [0.1, 0.15) is 31.7 Å². The van der Waals surface area contributed by atoms with Gasteiger partial charge in [-0.25, -0.2) is 9.78 Å². The third-order valence-electron chi connectivity index (χ3n) is 3.87. The summed E-state index contributed by atoms with van der Waals surface area (Å²) in [6.07, 6.45) is 3.96. The Bertz CT molecular complexity index is 545. The number of nitrogens with one attached hydrogen (secondary N) is 2. The quantitative estimate of drug-likeness (QED) is 0.832. The van der Waals surface area contributed by atoms with E-state index in [0.29, 0.717) is 25.5 Å². The molecule has 0 spiro atoms. The summed E-state index contributed by atoms with van der Waals surface area (Å²) in [5.41, 5.74) is 1.03. The summed E-state index contributed by atoms with van der Waals surface area (Å²) in [4.78, 5) is 29.9. The lowest BCUT2D eigenvalue weighted by molar-refractivity contribution is -0.116. The molecule has 0 aromatic carbocycles. The molecule has 0 bridgehead atoms. The molecular weight excluding hydrogens is 308 g/mol. The van der Waals surface area contributed by atoms with Gasteiger partial charge in [-0.15, -0.1) is 0 Å². The van der Waals surface area contributed by atoms with Crippen molar-refractivity contribution >= 4 is 17.8 Å². The number of carbonyl (C=O) groups excluding carboxylic acids is 2. The van der Waals surface area contributed by atoms with Gasteiger partial charge in [0, 0.05) is 38.9 Å². The van der Waals surface area contributed by atoms with E-state index in [0.717, 1.165) is 24.9 Å². The minimum Gasteiger partial charge on any atom is -0.377 e. The highest BCUT2D eigenvalue weighted by molar-refractivity contribution is 5.90. The molecule has 0 aliphatic carbocycles. The fraction of sp³-hybridized carbons (Fsp3) is 0.588. The van der Waals surface area contributed by atoms with Crippen molar-refractivity contribution in [1.82, 2.24) is 15.2 Å². The molecule has 7 heteroatoms. The van der Waals surface area contributed by atoms with Gasteiger partial charge in [-0.1, -0.05) is 6.07 Å². The Balaban J connectivity index is 1.68. The molecule has 2 heterocycles. The van der Waals surface area contributed by atoms with Gasteiger partial charge in [0.2, 0.25) is 5.91 Å². The van der Waals surface area contributed by atoms with Crippen molar-refractivity contribution in [3.63, 3.8) is 0 Å². The number of hydrogen-bond donors (Lipinski definition) is 2. The summed E-state index contributed by atoms with van der Waals surface area (Å²) in [6.45, 7) is 6.19. The average Bonchev–Trinajstić information content (AvgIpc) is 2.57. The first-order valence-corrected chi connectivity index (χ1v) is 8.45. The van der Waals surface area contributed by atoms with Crippen LogP contribution in [-0.4, -0.2) is 54.2 Å². The minimum absolute atomic E-state index is 0.116. The van der Waals surface area contributed by atoms with Crippen LogP contribution in [0.25, 0.3) is 0 Å². The molecule has 2 rings (SSSR count). The number of aryl methyl sites for hydroxylation is 1. The molecule has 1 aromatic rings. The van der Waals surface area contributed by atoms with E-state index < -0.39 is 0 Å². The lowest BCUT2D eigenvalue weighted by Crippen LogP contribution is -2.48. The molecule has 1 aromatic heterocycles. The zero-order chi connectivity index (χ0) is 17.4. The van der Waals surface area contributed by atoms with Crippen molar-refractivity contribution in [2.75, 3.05) is 31.6 Å². The van der Waals surface area contributed by atoms with Crippen LogP contribution in [-0.2, 0) is 9.53 Å². The number of urea groups is 1. The summed E-state index contributed by atoms with van der Waals surface area (Å²) in [5, 5.41) is 5.50. The van der Waals surface area contributed by atoms with E-state index in [4.69, 9.17) is 4.74 Å². The third kappa shape index (κ3) is 5.81. The second-order valence-corrected chi connectivity index (χ2v) is 5.92. The van der Waals surface area contributed by atoms with Crippen molar-refractivity contribution < 1.29 is 14.3 Å². The molecule has 0 saturated carbocycles. The van der Waals surface area contributed by atoms with Crippen LogP contribution in [0.4, 0.5) is 10.6 Å². The Morgan fingerprint density at radius 2 is 2.25 bits per heavy atom. The van der Waals surface area contributed by atoms with Crippen LogP contribution in [0.2, 0.25) is 0 Å². The lowest BCUT2D eigenvalue weighted by Gasteiger charge is -2.32. The highest BCUT2D eigenvalue weighted by Crippen LogP contribution is 2.13. The maximum Gasteiger partial charge on any atom is 0.317 e. The molecule has 1 atom stereocenters. The number of aromatic nitrogens is 1. The van der Waals surface area contributed by atoms with E-state index in [2.05, 4.69) is 15.6 Å². The molecule has 24 heavy (non-hydrogen) atoms. The van der Waals surface area contributed by atoms with Gasteiger partial charge < -0.3 is 20.3 Å². The van der Waals surface area contributed by atoms with Gasteiger partial charge in [-0.05, 0) is 38.3 Å². The molecule has 1 aliphatic heterocycles. The zero-order valence-corrected chi connectivity index (χ0v) is 14.4. The fourth-order valence-electron chi connectivity index (χ4n) is 2.64. The first-order chi connectivity index (χ1) is 11.6. The first-order valence-electron chi connectivity index (χ1n) is 8.45. The van der Waals surface area contributed by atoms with Crippen LogP contribution in [0, 0.1) is 6.92 Å². The highest BCUT2D eigenvalue weighted by Gasteiger charge is 2.23. The van der Waals surface area contributed by atoms with Gasteiger partial charge in [-0.2, -0.15) is 0 Å². The smallest absolute Gasteiger partial charge is 0.317 e. The van der Waals surface area contributed by atoms with Crippen molar-refractivity contribution in [3.05, 3.63) is 23.9 Å². The molecule has 1 fully saturated rings. The summed E-state index contributed by atoms with van der Waals surface area (Å²) in [6, 6.07) is 3.50. The van der Waals surface area contributed by atoms with Crippen LogP contribution in [0.5, 0.6) is 0 Å². The molecule has 132 valence electrons. The minimum atomic E-state index is -0.169. The molecule has 3 amide bonds. The summed E-state index contributed by atoms with van der Waals surface area (Å²) in [5.74, 6) is 0.352. The SMILES string of the molecule is CCO[C@@H]1CCCN(C(=O)NCCC(=O)Nc2ccc(C)cn2)C1. The van der Waals surface area contributed by atoms with Gasteiger partial charge in [-0.3, -0.25) is 4.79 Å². The predicted molar refractivity (Wildman–Crippen MR) is 91.8 cm³/mol. The standard InChI is InChI=1S/C17H26N4O3/c1-3-24-14-5-4-10-21(12-14)17(23)18-9-8-16(22)20-15-7-6-13(2)11-19-15/h6-7,11,14H,3-5,8-10,12H2,1-2H3,(H,18,23)(H,19,20,22)/t14-/m1/s1. The second kappa shape index (κ2) is 9.22. The predicted octanol–water partition coefficient (Wildman–Crippen LogP) is 1.93. The van der Waals surface area contributed by atoms with Gasteiger partial charge in [0.15, 0.2) is 0 Å². The van der Waals surface area contributed by atoms with Gasteiger partial charge in [0.05, 0.1) is 6.10 Å². The van der Waals surface area contributed by atoms with E-state index >= 15 is 0 Å². The Morgan fingerprint density at radius 1 is 1.42 bits per heavy atom. The van der Waals surface area contributed by atoms with Crippen LogP contribution < -0.4 is 10.6 Å². The van der Waals surface area contributed by atoms with Crippen LogP contribution in [0.3, 0.4) is 0 Å². The number of hydrogen-bond acceptors (Lipinski definition) is 4. The molecule has 0 radical (unpaired) electrons. The molecule has 1 saturated heterocycles. The summed E-state index contributed by atoms with van der Waals surface area (Å²) < 4.78 is 5.59. The summed E-state index contributed by atoms with van der Waals surface area (Å²) >= 11 is 0. The van der Waals surface area contributed by atoms with Crippen LogP contribution in [0.15, 0.2) is 18.3 Å². The van der Waals surface area contributed by atoms with E-state index in [1.807, 2.05) is 19.9 Å². The molecule has 7 nitrogen and oxygen atoms in total. The van der Waals surface area contributed by atoms with Crippen molar-refractivity contribution in [3.8, 4) is 0 Å². The largest absolute Gasteiger partial charge is 0.377 e. The zero-order valence-electron chi connectivity index (χ0n) is 14.4. The molecule has 2 N–H and O–H groups in total. The van der Waals surface area contributed by atoms with E-state index in [9.17, 15) is 9.59 Å². The number of amides is 3. The Hall–Kier alpha value is -2.15. The van der Waals surface area contributed by atoms with Gasteiger partial charge in [0.1, 0.15) is 5.82 Å². The molecule has 0 unspecified atom stereocenters. The number of piperidine rings is 1. The second-order valence-electron chi connectivity index (χ2n) is 5.92. The first kappa shape index (κ1) is 18.2. The number of anilines is 1. The topological polar surface area (TPSA) is 83.6 Å². The molecule has 1 aliphatic rings. The highest BCUT2D eigenvalue weighted by atomic mass is 16.5. The van der Waals surface area contributed by atoms with Crippen molar-refractivity contribution in [1.29, 1.82) is 0 Å². The lowest BCUT2D eigenvalue weighted by atomic mass is 10.1. The van der Waals surface area contributed by atoms with Crippen molar-refractivity contribution in [2.24, 2.45) is 0 Å². The molecular formula is C17H26N4O3. The number of carbonyl (C=O) groups is 2. The van der Waals surface area contributed by atoms with Crippen molar-refractivity contribution in [2.45, 2.75) is 39.2 Å². The monoisotopic (exact) mass is 334 g/mol. The number of ether oxygens (including phenoxy) is 1. The Kier molecular flexibility index (Phi) is 6.99. The number of rotatable bonds is 6. The Labute approximate surface area is 142 Å². The van der Waals surface area contributed by atoms with E-state index in [-0.39, 0.29) is 24.5 Å². The van der Waals surface area contributed by atoms with Gasteiger partial charge in [0.25, 0.3) is 0 Å². The third-order valence-corrected chi connectivity index (χ3v) is 3.87. The van der Waals surface area contributed by atoms with Gasteiger partial charge >= 0.3 is 6.03 Å². The fourth-order valence-corrected chi connectivity index (χ4v) is 2.64. The van der Waals surface area contributed by atoms with Crippen LogP contribution >= 0.6 is 0 Å². The number of nitrogens with zero attached hydrogens (tertiary/aromatic N) is 2. The normalized spacial score (nSPS) is 17.4. The van der Waals surface area contributed by atoms with E-state index in [1.54, 1.807) is 17.2 Å². The van der Waals surface area contributed by atoms with E-state index in [1.165, 1.54) is 0 Å². The maximum atomic E-state index is 12.1. The number of pyridine rings is 1. The maximum absolute atomic E-state index is 12.1. The number of likely N-dealkylation sites (tertiary alicyclic amines) is 1.